The Morgan fingerprint density at radius 2 is 2.05 bits per heavy atom. The number of halogens is 3. The van der Waals surface area contributed by atoms with Crippen LogP contribution in [0, 0.1) is 0 Å². The van der Waals surface area contributed by atoms with Crippen LogP contribution in [-0.2, 0) is 0 Å². The Balaban J connectivity index is 2.89. The van der Waals surface area contributed by atoms with Crippen LogP contribution in [-0.4, -0.2) is 41.1 Å². The molecule has 0 spiro atoms. The van der Waals surface area contributed by atoms with Gasteiger partial charge in [-0.2, -0.15) is 13.2 Å². The number of amides is 1. The molecule has 1 aromatic rings. The quantitative estimate of drug-likeness (QED) is 0.898. The van der Waals surface area contributed by atoms with Crippen molar-refractivity contribution in [1.82, 2.24) is 4.90 Å². The molecule has 0 aliphatic rings. The second-order valence-electron chi connectivity index (χ2n) is 3.85. The van der Waals surface area contributed by atoms with Crippen molar-refractivity contribution in [2.24, 2.45) is 0 Å². The number of rotatable bonds is 5. The van der Waals surface area contributed by atoms with Crippen LogP contribution in [0.5, 0.6) is 0 Å². The Kier molecular flexibility index (Phi) is 4.57. The van der Waals surface area contributed by atoms with Gasteiger partial charge >= 0.3 is 12.1 Å². The molecule has 106 valence electrons. The van der Waals surface area contributed by atoms with Crippen LogP contribution < -0.4 is 0 Å². The zero-order chi connectivity index (χ0) is 14.6. The van der Waals surface area contributed by atoms with Gasteiger partial charge in [0.05, 0.1) is 5.56 Å². The summed E-state index contributed by atoms with van der Waals surface area (Å²) in [5.74, 6) is -2.72. The van der Waals surface area contributed by atoms with Crippen molar-refractivity contribution < 1.29 is 32.3 Å². The Bertz CT molecular complexity index is 467. The second kappa shape index (κ2) is 5.77. The zero-order valence-electron chi connectivity index (χ0n) is 10.0. The van der Waals surface area contributed by atoms with Crippen LogP contribution in [0.1, 0.15) is 34.3 Å². The van der Waals surface area contributed by atoms with Crippen LogP contribution in [0.3, 0.4) is 0 Å². The van der Waals surface area contributed by atoms with Gasteiger partial charge in [-0.25, -0.2) is 4.79 Å². The summed E-state index contributed by atoms with van der Waals surface area (Å²) in [6.45, 7) is 0.131. The lowest BCUT2D eigenvalue weighted by atomic mass is 10.3. The third-order valence-corrected chi connectivity index (χ3v) is 2.21. The number of carboxylic acid groups (broad SMARTS) is 1. The van der Waals surface area contributed by atoms with Crippen molar-refractivity contribution in [3.8, 4) is 0 Å². The van der Waals surface area contributed by atoms with Gasteiger partial charge in [-0.3, -0.25) is 4.79 Å². The highest BCUT2D eigenvalue weighted by Gasteiger charge is 2.34. The van der Waals surface area contributed by atoms with Crippen LogP contribution in [0.2, 0.25) is 0 Å². The van der Waals surface area contributed by atoms with Crippen LogP contribution in [0.25, 0.3) is 0 Å². The van der Waals surface area contributed by atoms with Crippen LogP contribution in [0.4, 0.5) is 13.2 Å². The molecule has 0 aromatic carbocycles. The maximum Gasteiger partial charge on any atom is 0.406 e. The van der Waals surface area contributed by atoms with Crippen LogP contribution in [0.15, 0.2) is 16.7 Å². The minimum atomic E-state index is -4.52. The lowest BCUT2D eigenvalue weighted by molar-refractivity contribution is -0.140. The van der Waals surface area contributed by atoms with Gasteiger partial charge < -0.3 is 14.4 Å². The summed E-state index contributed by atoms with van der Waals surface area (Å²) in [5.41, 5.74) is -0.285. The van der Waals surface area contributed by atoms with E-state index in [0.29, 0.717) is 11.3 Å². The highest BCUT2D eigenvalue weighted by Crippen LogP contribution is 2.19. The Hall–Kier alpha value is -1.99. The Labute approximate surface area is 106 Å². The molecule has 1 rings (SSSR count). The van der Waals surface area contributed by atoms with E-state index in [1.165, 1.54) is 0 Å². The van der Waals surface area contributed by atoms with E-state index in [4.69, 9.17) is 9.52 Å². The normalized spacial score (nSPS) is 11.4. The number of alkyl halides is 3. The highest BCUT2D eigenvalue weighted by molar-refractivity contribution is 5.95. The van der Waals surface area contributed by atoms with E-state index in [2.05, 4.69) is 0 Å². The van der Waals surface area contributed by atoms with Gasteiger partial charge in [0.25, 0.3) is 5.91 Å². The fraction of sp³-hybridized carbons (Fsp3) is 0.455. The molecular formula is C11H12F3NO4. The molecule has 1 amide bonds. The minimum absolute atomic E-state index is 0.0958. The molecule has 0 aliphatic carbocycles. The maximum absolute atomic E-state index is 12.3. The number of carbonyl (C=O) groups excluding carboxylic acids is 1. The van der Waals surface area contributed by atoms with Gasteiger partial charge in [0.15, 0.2) is 5.76 Å². The van der Waals surface area contributed by atoms with E-state index in [1.807, 2.05) is 0 Å². The predicted octanol–water partition coefficient (Wildman–Crippen LogP) is 2.39. The molecule has 5 nitrogen and oxygen atoms in total. The van der Waals surface area contributed by atoms with Gasteiger partial charge in [0, 0.05) is 12.6 Å². The van der Waals surface area contributed by atoms with E-state index < -0.39 is 30.4 Å². The molecule has 1 heterocycles. The lowest BCUT2D eigenvalue weighted by Crippen LogP contribution is -2.39. The molecule has 19 heavy (non-hydrogen) atoms. The molecule has 1 aromatic heterocycles. The third kappa shape index (κ3) is 4.31. The number of carbonyl (C=O) groups is 2. The summed E-state index contributed by atoms with van der Waals surface area (Å²) < 4.78 is 41.6. The van der Waals surface area contributed by atoms with E-state index in [9.17, 15) is 22.8 Å². The van der Waals surface area contributed by atoms with Gasteiger partial charge in [0.1, 0.15) is 12.8 Å². The van der Waals surface area contributed by atoms with Crippen molar-refractivity contribution in [1.29, 1.82) is 0 Å². The fourth-order valence-electron chi connectivity index (χ4n) is 1.46. The molecule has 0 fully saturated rings. The number of nitrogens with zero attached hydrogens (tertiary/aromatic N) is 1. The zero-order valence-corrected chi connectivity index (χ0v) is 10.0. The number of carboxylic acids is 1. The summed E-state index contributed by atoms with van der Waals surface area (Å²) in [7, 11) is 0. The molecular weight excluding hydrogens is 267 g/mol. The average Bonchev–Trinajstić information content (AvgIpc) is 2.75. The number of furan rings is 1. The van der Waals surface area contributed by atoms with Crippen molar-refractivity contribution in [3.05, 3.63) is 23.7 Å². The van der Waals surface area contributed by atoms with Gasteiger partial charge in [-0.15, -0.1) is 0 Å². The minimum Gasteiger partial charge on any atom is -0.478 e. The standard InChI is InChI=1S/C11H12F3NO4/c1-2-3-15(6-11(12,13)14)9(16)8-4-7(5-19-8)10(17)18/h4-5H,2-3,6H2,1H3,(H,17,18). The van der Waals surface area contributed by atoms with Crippen molar-refractivity contribution in [2.45, 2.75) is 19.5 Å². The third-order valence-electron chi connectivity index (χ3n) is 2.21. The van der Waals surface area contributed by atoms with Gasteiger partial charge in [0.2, 0.25) is 0 Å². The first kappa shape index (κ1) is 15.1. The average molecular weight is 279 g/mol. The maximum atomic E-state index is 12.3. The second-order valence-corrected chi connectivity index (χ2v) is 3.85. The first-order valence-electron chi connectivity index (χ1n) is 5.42. The number of hydrogen-bond donors (Lipinski definition) is 1. The van der Waals surface area contributed by atoms with Crippen molar-refractivity contribution in [2.75, 3.05) is 13.1 Å². The summed E-state index contributed by atoms with van der Waals surface area (Å²) in [6, 6.07) is 0.906. The molecule has 0 bridgehead atoms. The predicted molar refractivity (Wildman–Crippen MR) is 57.9 cm³/mol. The summed E-state index contributed by atoms with van der Waals surface area (Å²) in [5, 5.41) is 8.64. The Morgan fingerprint density at radius 1 is 1.42 bits per heavy atom. The van der Waals surface area contributed by atoms with Gasteiger partial charge in [-0.05, 0) is 6.42 Å². The molecule has 0 aliphatic heterocycles. The largest absolute Gasteiger partial charge is 0.478 e. The van der Waals surface area contributed by atoms with Gasteiger partial charge in [-0.1, -0.05) is 6.92 Å². The molecule has 8 heteroatoms. The molecule has 0 unspecified atom stereocenters. The SMILES string of the molecule is CCCN(CC(F)(F)F)C(=O)c1cc(C(=O)O)co1. The number of hydrogen-bond acceptors (Lipinski definition) is 3. The number of aromatic carboxylic acids is 1. The first-order valence-corrected chi connectivity index (χ1v) is 5.42. The monoisotopic (exact) mass is 279 g/mol. The molecule has 0 radical (unpaired) electrons. The van der Waals surface area contributed by atoms with Crippen molar-refractivity contribution in [3.63, 3.8) is 0 Å². The van der Waals surface area contributed by atoms with E-state index >= 15 is 0 Å². The lowest BCUT2D eigenvalue weighted by Gasteiger charge is -2.22. The molecule has 1 N–H and O–H groups in total. The molecule has 0 saturated heterocycles. The van der Waals surface area contributed by atoms with Crippen molar-refractivity contribution >= 4 is 11.9 Å². The van der Waals surface area contributed by atoms with Crippen LogP contribution >= 0.6 is 0 Å². The van der Waals surface area contributed by atoms with E-state index in [1.54, 1.807) is 6.92 Å². The summed E-state index contributed by atoms with van der Waals surface area (Å²) in [6.07, 6.45) is -3.37. The molecule has 0 saturated carbocycles. The fourth-order valence-corrected chi connectivity index (χ4v) is 1.46. The smallest absolute Gasteiger partial charge is 0.406 e. The van der Waals surface area contributed by atoms with E-state index in [0.717, 1.165) is 12.3 Å². The van der Waals surface area contributed by atoms with E-state index in [-0.39, 0.29) is 12.1 Å². The summed E-state index contributed by atoms with van der Waals surface area (Å²) in [4.78, 5) is 23.0. The summed E-state index contributed by atoms with van der Waals surface area (Å²) >= 11 is 0. The molecule has 0 atom stereocenters. The topological polar surface area (TPSA) is 70.8 Å². The Morgan fingerprint density at radius 3 is 2.47 bits per heavy atom. The highest BCUT2D eigenvalue weighted by atomic mass is 19.4. The first-order chi connectivity index (χ1) is 8.74.